The van der Waals surface area contributed by atoms with Crippen molar-refractivity contribution in [2.75, 3.05) is 49.6 Å². The van der Waals surface area contributed by atoms with Crippen LogP contribution in [-0.4, -0.2) is 57.8 Å². The molecular formula is C19H27N5O3S. The molecule has 1 aliphatic rings. The SMILES string of the molecule is Cc1ccc(CS(=O)(=O)NCCNc2nc(C)cc(N3CCOCC3)n2)cc1. The van der Waals surface area contributed by atoms with Gasteiger partial charge in [0.05, 0.1) is 19.0 Å². The summed E-state index contributed by atoms with van der Waals surface area (Å²) in [5, 5.41) is 3.10. The largest absolute Gasteiger partial charge is 0.378 e. The van der Waals surface area contributed by atoms with E-state index in [0.717, 1.165) is 35.7 Å². The Morgan fingerprint density at radius 2 is 1.79 bits per heavy atom. The van der Waals surface area contributed by atoms with Gasteiger partial charge >= 0.3 is 0 Å². The van der Waals surface area contributed by atoms with Gasteiger partial charge < -0.3 is 15.0 Å². The summed E-state index contributed by atoms with van der Waals surface area (Å²) in [6.45, 7) is 7.53. The van der Waals surface area contributed by atoms with E-state index in [9.17, 15) is 8.42 Å². The molecule has 0 amide bonds. The molecule has 0 aliphatic carbocycles. The van der Waals surface area contributed by atoms with Crippen LogP contribution in [0.3, 0.4) is 0 Å². The molecule has 28 heavy (non-hydrogen) atoms. The summed E-state index contributed by atoms with van der Waals surface area (Å²) in [7, 11) is -3.39. The van der Waals surface area contributed by atoms with E-state index in [4.69, 9.17) is 4.74 Å². The van der Waals surface area contributed by atoms with Crippen LogP contribution < -0.4 is 14.9 Å². The van der Waals surface area contributed by atoms with Crippen molar-refractivity contribution in [2.24, 2.45) is 0 Å². The zero-order chi connectivity index (χ0) is 20.0. The van der Waals surface area contributed by atoms with E-state index in [1.54, 1.807) is 0 Å². The predicted molar refractivity (Wildman–Crippen MR) is 110 cm³/mol. The Morgan fingerprint density at radius 1 is 1.07 bits per heavy atom. The summed E-state index contributed by atoms with van der Waals surface area (Å²) in [6.07, 6.45) is 0. The van der Waals surface area contributed by atoms with Crippen LogP contribution in [0.1, 0.15) is 16.8 Å². The van der Waals surface area contributed by atoms with Gasteiger partial charge in [-0.1, -0.05) is 29.8 Å². The van der Waals surface area contributed by atoms with Gasteiger partial charge in [-0.2, -0.15) is 4.98 Å². The second kappa shape index (κ2) is 9.31. The number of aryl methyl sites for hydroxylation is 2. The Bertz CT molecular complexity index is 881. The molecule has 9 heteroatoms. The molecule has 1 saturated heterocycles. The fourth-order valence-electron chi connectivity index (χ4n) is 2.92. The minimum Gasteiger partial charge on any atom is -0.378 e. The topological polar surface area (TPSA) is 96.5 Å². The average molecular weight is 406 g/mol. The van der Waals surface area contributed by atoms with Gasteiger partial charge in [0.25, 0.3) is 0 Å². The van der Waals surface area contributed by atoms with Gasteiger partial charge in [-0.25, -0.2) is 18.1 Å². The standard InChI is InChI=1S/C19H27N5O3S/c1-15-3-5-17(6-4-15)14-28(25,26)21-8-7-20-19-22-16(2)13-18(23-19)24-9-11-27-12-10-24/h3-6,13,21H,7-12,14H2,1-2H3,(H,20,22,23). The maximum atomic E-state index is 12.2. The van der Waals surface area contributed by atoms with Crippen molar-refractivity contribution in [3.63, 3.8) is 0 Å². The molecule has 1 aliphatic heterocycles. The zero-order valence-electron chi connectivity index (χ0n) is 16.3. The first-order valence-electron chi connectivity index (χ1n) is 9.36. The Labute approximate surface area is 166 Å². The summed E-state index contributed by atoms with van der Waals surface area (Å²) >= 11 is 0. The van der Waals surface area contributed by atoms with Crippen molar-refractivity contribution in [1.82, 2.24) is 14.7 Å². The Kier molecular flexibility index (Phi) is 6.82. The maximum absolute atomic E-state index is 12.2. The minimum absolute atomic E-state index is 0.0323. The highest BCUT2D eigenvalue weighted by molar-refractivity contribution is 7.88. The molecular weight excluding hydrogens is 378 g/mol. The van der Waals surface area contributed by atoms with E-state index < -0.39 is 10.0 Å². The maximum Gasteiger partial charge on any atom is 0.224 e. The van der Waals surface area contributed by atoms with Gasteiger partial charge in [-0.15, -0.1) is 0 Å². The van der Waals surface area contributed by atoms with Crippen molar-refractivity contribution in [1.29, 1.82) is 0 Å². The number of rotatable bonds is 8. The van der Waals surface area contributed by atoms with E-state index in [1.807, 2.05) is 44.2 Å². The molecule has 0 bridgehead atoms. The van der Waals surface area contributed by atoms with Crippen molar-refractivity contribution in [3.8, 4) is 0 Å². The minimum atomic E-state index is -3.39. The van der Waals surface area contributed by atoms with Crippen molar-refractivity contribution in [3.05, 3.63) is 47.2 Å². The third kappa shape index (κ3) is 6.15. The van der Waals surface area contributed by atoms with Crippen LogP contribution in [0.15, 0.2) is 30.3 Å². The van der Waals surface area contributed by atoms with E-state index >= 15 is 0 Å². The molecule has 8 nitrogen and oxygen atoms in total. The fourth-order valence-corrected chi connectivity index (χ4v) is 4.07. The normalized spacial score (nSPS) is 14.9. The molecule has 1 aromatic carbocycles. The quantitative estimate of drug-likeness (QED) is 0.642. The van der Waals surface area contributed by atoms with Crippen molar-refractivity contribution < 1.29 is 13.2 Å². The van der Waals surface area contributed by atoms with Gasteiger partial charge in [0.1, 0.15) is 5.82 Å². The number of hydrogen-bond acceptors (Lipinski definition) is 7. The van der Waals surface area contributed by atoms with Crippen molar-refractivity contribution >= 4 is 21.8 Å². The first-order valence-corrected chi connectivity index (χ1v) is 11.0. The lowest BCUT2D eigenvalue weighted by Gasteiger charge is -2.28. The first-order chi connectivity index (χ1) is 13.4. The summed E-state index contributed by atoms with van der Waals surface area (Å²) < 4.78 is 32.4. The van der Waals surface area contributed by atoms with E-state index in [2.05, 4.69) is 24.9 Å². The monoisotopic (exact) mass is 405 g/mol. The number of nitrogens with zero attached hydrogens (tertiary/aromatic N) is 3. The molecule has 0 radical (unpaired) electrons. The van der Waals surface area contributed by atoms with Gasteiger partial charge in [-0.05, 0) is 19.4 Å². The lowest BCUT2D eigenvalue weighted by molar-refractivity contribution is 0.122. The van der Waals surface area contributed by atoms with Crippen LogP contribution in [-0.2, 0) is 20.5 Å². The van der Waals surface area contributed by atoms with Crippen LogP contribution in [0, 0.1) is 13.8 Å². The second-order valence-corrected chi connectivity index (χ2v) is 8.66. The Balaban J connectivity index is 1.50. The average Bonchev–Trinajstić information content (AvgIpc) is 2.67. The van der Waals surface area contributed by atoms with Gasteiger partial charge in [0, 0.05) is 37.9 Å². The van der Waals surface area contributed by atoms with Gasteiger partial charge in [0.15, 0.2) is 0 Å². The number of aromatic nitrogens is 2. The smallest absolute Gasteiger partial charge is 0.224 e. The van der Waals surface area contributed by atoms with Crippen LogP contribution >= 0.6 is 0 Å². The first kappa shape index (κ1) is 20.5. The van der Waals surface area contributed by atoms with Gasteiger partial charge in [0.2, 0.25) is 16.0 Å². The molecule has 3 rings (SSSR count). The van der Waals surface area contributed by atoms with Crippen molar-refractivity contribution in [2.45, 2.75) is 19.6 Å². The lowest BCUT2D eigenvalue weighted by Crippen LogP contribution is -2.37. The summed E-state index contributed by atoms with van der Waals surface area (Å²) in [5.74, 6) is 1.33. The molecule has 0 unspecified atom stereocenters. The number of anilines is 2. The third-order valence-corrected chi connectivity index (χ3v) is 5.74. The fraction of sp³-hybridized carbons (Fsp3) is 0.474. The Morgan fingerprint density at radius 3 is 2.50 bits per heavy atom. The van der Waals surface area contributed by atoms with Gasteiger partial charge in [-0.3, -0.25) is 0 Å². The molecule has 0 saturated carbocycles. The molecule has 2 aromatic rings. The van der Waals surface area contributed by atoms with Crippen LogP contribution in [0.2, 0.25) is 0 Å². The highest BCUT2D eigenvalue weighted by Gasteiger charge is 2.14. The molecule has 1 aromatic heterocycles. The number of sulfonamides is 1. The summed E-state index contributed by atoms with van der Waals surface area (Å²) in [6, 6.07) is 9.43. The number of benzene rings is 1. The zero-order valence-corrected chi connectivity index (χ0v) is 17.1. The number of ether oxygens (including phenoxy) is 1. The van der Waals surface area contributed by atoms with E-state index in [-0.39, 0.29) is 12.3 Å². The lowest BCUT2D eigenvalue weighted by atomic mass is 10.2. The third-order valence-electron chi connectivity index (χ3n) is 4.38. The molecule has 2 heterocycles. The molecule has 0 atom stereocenters. The van der Waals surface area contributed by atoms with Crippen LogP contribution in [0.25, 0.3) is 0 Å². The second-order valence-electron chi connectivity index (χ2n) is 6.86. The van der Waals surface area contributed by atoms with E-state index in [1.165, 1.54) is 0 Å². The van der Waals surface area contributed by atoms with Crippen LogP contribution in [0.4, 0.5) is 11.8 Å². The number of morpholine rings is 1. The highest BCUT2D eigenvalue weighted by atomic mass is 32.2. The molecule has 0 spiro atoms. The number of hydrogen-bond donors (Lipinski definition) is 2. The molecule has 2 N–H and O–H groups in total. The summed E-state index contributed by atoms with van der Waals surface area (Å²) in [5.41, 5.74) is 2.73. The van der Waals surface area contributed by atoms with E-state index in [0.29, 0.717) is 25.7 Å². The highest BCUT2D eigenvalue weighted by Crippen LogP contribution is 2.16. The predicted octanol–water partition coefficient (Wildman–Crippen LogP) is 1.46. The van der Waals surface area contributed by atoms with Crippen LogP contribution in [0.5, 0.6) is 0 Å². The Hall–Kier alpha value is -2.23. The molecule has 1 fully saturated rings. The number of nitrogens with one attached hydrogen (secondary N) is 2. The molecule has 152 valence electrons. The summed E-state index contributed by atoms with van der Waals surface area (Å²) in [4.78, 5) is 11.1.